The molecule has 12 heteroatoms. The predicted octanol–water partition coefficient (Wildman–Crippen LogP) is 5.20. The van der Waals surface area contributed by atoms with Gasteiger partial charge in [-0.2, -0.15) is 8.42 Å². The van der Waals surface area contributed by atoms with Crippen LogP contribution in [-0.2, 0) is 37.7 Å². The number of carboxylic acid groups (broad SMARTS) is 1. The van der Waals surface area contributed by atoms with Gasteiger partial charge in [0.1, 0.15) is 17.7 Å². The van der Waals surface area contributed by atoms with Gasteiger partial charge in [-0.05, 0) is 96.8 Å². The summed E-state index contributed by atoms with van der Waals surface area (Å²) < 4.78 is 69.7. The first kappa shape index (κ1) is 33.0. The average molecular weight is 622 g/mol. The van der Waals surface area contributed by atoms with Crippen molar-refractivity contribution in [2.24, 2.45) is 0 Å². The highest BCUT2D eigenvalue weighted by molar-refractivity contribution is 7.91. The number of rotatable bonds is 9. The van der Waals surface area contributed by atoms with Gasteiger partial charge in [-0.25, -0.2) is 12.8 Å². The van der Waals surface area contributed by atoms with Crippen LogP contribution in [0.1, 0.15) is 41.5 Å². The molecule has 1 aliphatic rings. The molecule has 0 unspecified atom stereocenters. The molecular formula is C30H36FNO8S2. The van der Waals surface area contributed by atoms with Gasteiger partial charge in [-0.3, -0.25) is 9.35 Å². The first-order valence-electron chi connectivity index (χ1n) is 13.3. The molecule has 1 saturated heterocycles. The van der Waals surface area contributed by atoms with Gasteiger partial charge in [-0.15, -0.1) is 0 Å². The lowest BCUT2D eigenvalue weighted by atomic mass is 9.94. The minimum absolute atomic E-state index is 0.0846. The molecule has 0 saturated carbocycles. The summed E-state index contributed by atoms with van der Waals surface area (Å²) in [5.41, 5.74) is 6.39. The van der Waals surface area contributed by atoms with Gasteiger partial charge >= 0.3 is 5.97 Å². The summed E-state index contributed by atoms with van der Waals surface area (Å²) >= 11 is 0. The summed E-state index contributed by atoms with van der Waals surface area (Å²) in [6.45, 7) is 4.59. The SMILES string of the molecule is CS(=O)(=O)O.Cc1cc(OC2CCS(=O)(=O)CC2)cc(C)c1-c1cccc(CNc2ccc(CCC(=O)O)c(F)c2)c1. The maximum absolute atomic E-state index is 14.3. The molecule has 0 aliphatic carbocycles. The Bertz CT molecular complexity index is 1590. The van der Waals surface area contributed by atoms with Crippen molar-refractivity contribution in [2.45, 2.75) is 52.2 Å². The Morgan fingerprint density at radius 2 is 1.67 bits per heavy atom. The zero-order chi connectivity index (χ0) is 31.1. The summed E-state index contributed by atoms with van der Waals surface area (Å²) in [6.07, 6.45) is 1.73. The van der Waals surface area contributed by atoms with E-state index in [1.807, 2.05) is 38.1 Å². The average Bonchev–Trinajstić information content (AvgIpc) is 2.87. The maximum Gasteiger partial charge on any atom is 0.303 e. The standard InChI is InChI=1S/C29H32FNO5S.CH4O3S/c1-19-14-26(36-25-10-12-37(34,35)13-11-25)15-20(2)29(19)23-5-3-4-21(16-23)18-31-24-8-6-22(27(30)17-24)7-9-28(32)33;1-5(2,3)4/h3-6,8,14-17,25,31H,7,9-13,18H2,1-2H3,(H,32,33);1H3,(H,2,3,4). The van der Waals surface area contributed by atoms with Crippen LogP contribution in [0.15, 0.2) is 54.6 Å². The molecule has 42 heavy (non-hydrogen) atoms. The fourth-order valence-corrected chi connectivity index (χ4v) is 6.22. The molecule has 3 aromatic rings. The van der Waals surface area contributed by atoms with E-state index in [1.54, 1.807) is 12.1 Å². The molecule has 0 spiro atoms. The predicted molar refractivity (Wildman–Crippen MR) is 161 cm³/mol. The minimum Gasteiger partial charge on any atom is -0.490 e. The number of hydrogen-bond acceptors (Lipinski definition) is 7. The number of sulfone groups is 1. The third kappa shape index (κ3) is 10.7. The van der Waals surface area contributed by atoms with Gasteiger partial charge in [0.2, 0.25) is 0 Å². The maximum atomic E-state index is 14.3. The molecule has 0 amide bonds. The molecule has 228 valence electrons. The van der Waals surface area contributed by atoms with Crippen LogP contribution < -0.4 is 10.1 Å². The van der Waals surface area contributed by atoms with Crippen LogP contribution in [0, 0.1) is 19.7 Å². The smallest absolute Gasteiger partial charge is 0.303 e. The van der Waals surface area contributed by atoms with E-state index in [4.69, 9.17) is 14.4 Å². The highest BCUT2D eigenvalue weighted by Gasteiger charge is 2.25. The molecule has 3 N–H and O–H groups in total. The molecule has 4 rings (SSSR count). The van der Waals surface area contributed by atoms with E-state index in [0.717, 1.165) is 33.6 Å². The fourth-order valence-electron chi connectivity index (χ4n) is 4.77. The van der Waals surface area contributed by atoms with Crippen LogP contribution in [0.4, 0.5) is 10.1 Å². The number of benzene rings is 3. The molecule has 0 bridgehead atoms. The first-order chi connectivity index (χ1) is 19.6. The largest absolute Gasteiger partial charge is 0.490 e. The number of aliphatic carboxylic acids is 1. The Labute approximate surface area is 246 Å². The number of ether oxygens (including phenoxy) is 1. The van der Waals surface area contributed by atoms with E-state index < -0.39 is 31.7 Å². The Morgan fingerprint density at radius 3 is 2.24 bits per heavy atom. The number of halogens is 1. The van der Waals surface area contributed by atoms with Crippen LogP contribution in [0.3, 0.4) is 0 Å². The molecule has 1 fully saturated rings. The Balaban J connectivity index is 0.000000892. The van der Waals surface area contributed by atoms with Crippen molar-refractivity contribution in [3.05, 3.63) is 82.7 Å². The lowest BCUT2D eigenvalue weighted by Crippen LogP contribution is -2.30. The van der Waals surface area contributed by atoms with Gasteiger partial charge in [0.15, 0.2) is 9.84 Å². The summed E-state index contributed by atoms with van der Waals surface area (Å²) in [5.74, 6) is -0.249. The van der Waals surface area contributed by atoms with Crippen LogP contribution >= 0.6 is 0 Å². The third-order valence-corrected chi connectivity index (χ3v) is 8.40. The van der Waals surface area contributed by atoms with Crippen molar-refractivity contribution in [3.63, 3.8) is 0 Å². The molecule has 9 nitrogen and oxygen atoms in total. The second-order valence-corrected chi connectivity index (χ2v) is 14.2. The van der Waals surface area contributed by atoms with E-state index in [9.17, 15) is 26.0 Å². The van der Waals surface area contributed by atoms with Gasteiger partial charge < -0.3 is 15.2 Å². The van der Waals surface area contributed by atoms with E-state index in [2.05, 4.69) is 17.4 Å². The van der Waals surface area contributed by atoms with Crippen molar-refractivity contribution < 1.29 is 40.4 Å². The number of aryl methyl sites for hydroxylation is 3. The van der Waals surface area contributed by atoms with Gasteiger partial charge in [0, 0.05) is 18.7 Å². The summed E-state index contributed by atoms with van der Waals surface area (Å²) in [5, 5.41) is 12.0. The monoisotopic (exact) mass is 621 g/mol. The highest BCUT2D eigenvalue weighted by atomic mass is 32.2. The molecule has 1 aliphatic heterocycles. The number of anilines is 1. The Kier molecular flexibility index (Phi) is 11.1. The van der Waals surface area contributed by atoms with Gasteiger partial charge in [0.25, 0.3) is 10.1 Å². The number of carboxylic acids is 1. The van der Waals surface area contributed by atoms with Crippen LogP contribution in [0.2, 0.25) is 0 Å². The molecule has 0 aromatic heterocycles. The second-order valence-electron chi connectivity index (χ2n) is 10.4. The molecular weight excluding hydrogens is 585 g/mol. The molecule has 3 aromatic carbocycles. The summed E-state index contributed by atoms with van der Waals surface area (Å²) in [4.78, 5) is 10.7. The molecule has 0 radical (unpaired) electrons. The van der Waals surface area contributed by atoms with Gasteiger partial charge in [-0.1, -0.05) is 24.3 Å². The second kappa shape index (κ2) is 14.1. The first-order valence-corrected chi connectivity index (χ1v) is 17.0. The zero-order valence-corrected chi connectivity index (χ0v) is 25.4. The normalized spacial score (nSPS) is 14.9. The minimum atomic E-state index is -3.67. The van der Waals surface area contributed by atoms with E-state index in [0.29, 0.717) is 36.9 Å². The van der Waals surface area contributed by atoms with Crippen LogP contribution in [0.25, 0.3) is 11.1 Å². The van der Waals surface area contributed by atoms with Crippen molar-refractivity contribution in [2.75, 3.05) is 23.1 Å². The lowest BCUT2D eigenvalue weighted by molar-refractivity contribution is -0.136. The number of nitrogens with one attached hydrogen (secondary N) is 1. The summed E-state index contributed by atoms with van der Waals surface area (Å²) in [6, 6.07) is 17.0. The molecule has 1 heterocycles. The zero-order valence-electron chi connectivity index (χ0n) is 23.8. The summed E-state index contributed by atoms with van der Waals surface area (Å²) in [7, 11) is -6.59. The molecule has 0 atom stereocenters. The van der Waals surface area contributed by atoms with Crippen LogP contribution in [-0.4, -0.2) is 56.3 Å². The van der Waals surface area contributed by atoms with Crippen molar-refractivity contribution in [1.29, 1.82) is 0 Å². The quantitative estimate of drug-likeness (QED) is 0.274. The fraction of sp³-hybridized carbons (Fsp3) is 0.367. The highest BCUT2D eigenvalue weighted by Crippen LogP contribution is 2.33. The van der Waals surface area contributed by atoms with E-state index >= 15 is 0 Å². The third-order valence-electron chi connectivity index (χ3n) is 6.68. The van der Waals surface area contributed by atoms with E-state index in [1.165, 1.54) is 6.07 Å². The van der Waals surface area contributed by atoms with Gasteiger partial charge in [0.05, 0.1) is 17.8 Å². The topological polar surface area (TPSA) is 147 Å². The Morgan fingerprint density at radius 1 is 1.05 bits per heavy atom. The number of hydrogen-bond donors (Lipinski definition) is 3. The van der Waals surface area contributed by atoms with Crippen molar-refractivity contribution in [3.8, 4) is 16.9 Å². The Hall–Kier alpha value is -3.48. The number of carbonyl (C=O) groups is 1. The van der Waals surface area contributed by atoms with E-state index in [-0.39, 0.29) is 30.5 Å². The van der Waals surface area contributed by atoms with Crippen molar-refractivity contribution >= 4 is 31.6 Å². The lowest BCUT2D eigenvalue weighted by Gasteiger charge is -2.24. The van der Waals surface area contributed by atoms with Crippen molar-refractivity contribution in [1.82, 2.24) is 0 Å². The van der Waals surface area contributed by atoms with Crippen LogP contribution in [0.5, 0.6) is 5.75 Å².